The number of fused-ring (bicyclic) bond motifs is 1. The summed E-state index contributed by atoms with van der Waals surface area (Å²) < 4.78 is 22.7. The van der Waals surface area contributed by atoms with Gasteiger partial charge >= 0.3 is 0 Å². The Balaban J connectivity index is 2.13. The van der Waals surface area contributed by atoms with Gasteiger partial charge in [-0.1, -0.05) is 0 Å². The van der Waals surface area contributed by atoms with Crippen molar-refractivity contribution in [1.82, 2.24) is 0 Å². The minimum Gasteiger partial charge on any atom is -0.446 e. The second-order valence-corrected chi connectivity index (χ2v) is 3.70. The van der Waals surface area contributed by atoms with Gasteiger partial charge in [-0.3, -0.25) is 15.3 Å². The van der Waals surface area contributed by atoms with E-state index in [0.29, 0.717) is 12.8 Å². The first-order valence-corrected chi connectivity index (χ1v) is 4.29. The van der Waals surface area contributed by atoms with E-state index in [2.05, 4.69) is 9.47 Å². The van der Waals surface area contributed by atoms with Crippen LogP contribution in [-0.2, 0) is 19.1 Å². The minimum atomic E-state index is -2.03. The van der Waals surface area contributed by atoms with Gasteiger partial charge in [-0.25, -0.2) is 0 Å². The fourth-order valence-corrected chi connectivity index (χ4v) is 2.43. The number of alkyl halides is 1. The summed E-state index contributed by atoms with van der Waals surface area (Å²) in [4.78, 5) is 20.2. The largest absolute Gasteiger partial charge is 0.446 e. The molecule has 0 aromatic rings. The first-order chi connectivity index (χ1) is 6.58. The fourth-order valence-electron chi connectivity index (χ4n) is 2.43. The molecule has 6 heteroatoms. The minimum absolute atomic E-state index is 0.0552. The molecule has 0 saturated heterocycles. The molecule has 0 heterocycles. The van der Waals surface area contributed by atoms with E-state index >= 15 is 0 Å². The molecule has 0 aliphatic heterocycles. The van der Waals surface area contributed by atoms with Crippen LogP contribution in [0.4, 0.5) is 4.39 Å². The molecule has 0 bridgehead atoms. The topological polar surface area (TPSA) is 78.6 Å². The number of carbonyl (C=O) groups is 2. The second-order valence-electron chi connectivity index (χ2n) is 3.70. The van der Waals surface area contributed by atoms with Crippen LogP contribution in [0.15, 0.2) is 0 Å². The predicted molar refractivity (Wildman–Crippen MR) is 41.3 cm³/mol. The first kappa shape index (κ1) is 9.39. The summed E-state index contributed by atoms with van der Waals surface area (Å²) in [5.41, 5.74) is 4.36. The lowest BCUT2D eigenvalue weighted by molar-refractivity contribution is -0.164. The number of rotatable bonds is 4. The third-order valence-corrected chi connectivity index (χ3v) is 3.09. The third-order valence-electron chi connectivity index (χ3n) is 3.09. The predicted octanol–water partition coefficient (Wildman–Crippen LogP) is -0.307. The quantitative estimate of drug-likeness (QED) is 0.501. The highest BCUT2D eigenvalue weighted by Gasteiger charge is 2.80. The Labute approximate surface area is 79.3 Å². The molecular weight excluding hydrogens is 193 g/mol. The van der Waals surface area contributed by atoms with Crippen molar-refractivity contribution >= 4 is 12.9 Å². The van der Waals surface area contributed by atoms with Gasteiger partial charge in [0.2, 0.25) is 0 Å². The molecule has 0 amide bonds. The molecule has 0 aromatic heterocycles. The number of ether oxygens (including phenoxy) is 2. The summed E-state index contributed by atoms with van der Waals surface area (Å²) in [7, 11) is 0. The molecule has 5 nitrogen and oxygen atoms in total. The molecule has 2 saturated carbocycles. The summed E-state index contributed by atoms with van der Waals surface area (Å²) in [5, 5.41) is 0. The maximum absolute atomic E-state index is 13.7. The van der Waals surface area contributed by atoms with Crippen molar-refractivity contribution in [2.45, 2.75) is 24.4 Å². The molecule has 4 atom stereocenters. The second kappa shape index (κ2) is 2.66. The number of nitrogens with two attached hydrogens (primary N) is 1. The smallest absolute Gasteiger partial charge is 0.295 e. The number of carbonyl (C=O) groups excluding carboxylic acids is 2. The summed E-state index contributed by atoms with van der Waals surface area (Å²) in [6.07, 6.45) is 0.855. The zero-order valence-corrected chi connectivity index (χ0v) is 7.31. The van der Waals surface area contributed by atoms with Crippen LogP contribution in [0.2, 0.25) is 0 Å². The average molecular weight is 203 g/mol. The standard InChI is InChI=1S/C8H10FNO4/c9-8(14-4-12)5-1-2-7(10,6(5)8)13-3-11/h3-6H,1-2,10H2/t5-,6-,7-,8+/m1/s1. The Morgan fingerprint density at radius 2 is 2.00 bits per heavy atom. The number of halogens is 1. The monoisotopic (exact) mass is 203 g/mol. The Kier molecular flexibility index (Phi) is 1.79. The summed E-state index contributed by atoms with van der Waals surface area (Å²) in [6.45, 7) is 0.252. The molecule has 2 N–H and O–H groups in total. The van der Waals surface area contributed by atoms with Gasteiger partial charge in [-0.05, 0) is 6.42 Å². The normalized spacial score (nSPS) is 49.3. The van der Waals surface area contributed by atoms with Gasteiger partial charge in [0.15, 0.2) is 5.72 Å². The van der Waals surface area contributed by atoms with E-state index in [1.165, 1.54) is 0 Å². The van der Waals surface area contributed by atoms with Gasteiger partial charge in [0.1, 0.15) is 0 Å². The number of hydrogen-bond donors (Lipinski definition) is 1. The van der Waals surface area contributed by atoms with Crippen LogP contribution in [0.25, 0.3) is 0 Å². The zero-order valence-electron chi connectivity index (χ0n) is 7.31. The van der Waals surface area contributed by atoms with Crippen LogP contribution in [0.5, 0.6) is 0 Å². The molecule has 2 fully saturated rings. The van der Waals surface area contributed by atoms with Crippen LogP contribution < -0.4 is 5.73 Å². The van der Waals surface area contributed by atoms with Crippen molar-refractivity contribution in [2.24, 2.45) is 17.6 Å². The molecule has 2 rings (SSSR count). The summed E-state index contributed by atoms with van der Waals surface area (Å²) >= 11 is 0. The van der Waals surface area contributed by atoms with E-state index in [4.69, 9.17) is 5.73 Å². The molecule has 78 valence electrons. The first-order valence-electron chi connectivity index (χ1n) is 4.29. The zero-order chi connectivity index (χ0) is 10.4. The number of hydrogen-bond acceptors (Lipinski definition) is 5. The third kappa shape index (κ3) is 0.971. The van der Waals surface area contributed by atoms with E-state index in [-0.39, 0.29) is 12.9 Å². The van der Waals surface area contributed by atoms with Gasteiger partial charge in [-0.15, -0.1) is 0 Å². The van der Waals surface area contributed by atoms with Crippen LogP contribution in [0.1, 0.15) is 12.8 Å². The van der Waals surface area contributed by atoms with Crippen molar-refractivity contribution in [3.63, 3.8) is 0 Å². The van der Waals surface area contributed by atoms with Crippen molar-refractivity contribution in [1.29, 1.82) is 0 Å². The summed E-state index contributed by atoms with van der Waals surface area (Å²) in [6, 6.07) is 0. The SMILES string of the molecule is N[C@@]1(OC=O)CC[C@@H]2[C@H]1[C@@]2(F)OC=O. The van der Waals surface area contributed by atoms with E-state index in [1.54, 1.807) is 0 Å². The van der Waals surface area contributed by atoms with E-state index in [9.17, 15) is 14.0 Å². The lowest BCUT2D eigenvalue weighted by Crippen LogP contribution is -2.46. The Hall–Kier alpha value is -1.17. The average Bonchev–Trinajstić information content (AvgIpc) is 2.49. The summed E-state index contributed by atoms with van der Waals surface area (Å²) in [5.74, 6) is -3.18. The Morgan fingerprint density at radius 3 is 2.57 bits per heavy atom. The maximum atomic E-state index is 13.7. The molecule has 0 aromatic carbocycles. The van der Waals surface area contributed by atoms with Crippen molar-refractivity contribution in [2.75, 3.05) is 0 Å². The van der Waals surface area contributed by atoms with Crippen LogP contribution >= 0.6 is 0 Å². The van der Waals surface area contributed by atoms with Crippen molar-refractivity contribution < 1.29 is 23.5 Å². The van der Waals surface area contributed by atoms with Gasteiger partial charge in [0, 0.05) is 12.3 Å². The van der Waals surface area contributed by atoms with Crippen LogP contribution in [-0.4, -0.2) is 24.5 Å². The lowest BCUT2D eigenvalue weighted by atomic mass is 10.1. The van der Waals surface area contributed by atoms with E-state index in [1.807, 2.05) is 0 Å². The molecule has 14 heavy (non-hydrogen) atoms. The van der Waals surface area contributed by atoms with Crippen molar-refractivity contribution in [3.05, 3.63) is 0 Å². The van der Waals surface area contributed by atoms with Gasteiger partial charge in [0.05, 0.1) is 5.92 Å². The fraction of sp³-hybridized carbons (Fsp3) is 0.750. The molecule has 0 unspecified atom stereocenters. The molecular formula is C8H10FNO4. The van der Waals surface area contributed by atoms with Gasteiger partial charge < -0.3 is 9.47 Å². The van der Waals surface area contributed by atoms with E-state index in [0.717, 1.165) is 0 Å². The highest BCUT2D eigenvalue weighted by Crippen LogP contribution is 2.66. The Bertz CT molecular complexity index is 287. The molecule has 0 spiro atoms. The van der Waals surface area contributed by atoms with E-state index < -0.39 is 23.4 Å². The lowest BCUT2D eigenvalue weighted by Gasteiger charge is -2.26. The van der Waals surface area contributed by atoms with Crippen molar-refractivity contribution in [3.8, 4) is 0 Å². The van der Waals surface area contributed by atoms with Crippen LogP contribution in [0, 0.1) is 11.8 Å². The van der Waals surface area contributed by atoms with Gasteiger partial charge in [-0.2, -0.15) is 4.39 Å². The molecule has 2 aliphatic rings. The van der Waals surface area contributed by atoms with Gasteiger partial charge in [0.25, 0.3) is 18.8 Å². The molecule has 0 radical (unpaired) electrons. The highest BCUT2D eigenvalue weighted by molar-refractivity contribution is 5.43. The van der Waals surface area contributed by atoms with Crippen LogP contribution in [0.3, 0.4) is 0 Å². The molecule has 2 aliphatic carbocycles. The Morgan fingerprint density at radius 1 is 1.36 bits per heavy atom. The maximum Gasteiger partial charge on any atom is 0.295 e. The highest BCUT2D eigenvalue weighted by atomic mass is 19.2.